The first kappa shape index (κ1) is 14.9. The molecular formula is C16H16ClNOS. The molecule has 1 amide bonds. The molecule has 0 radical (unpaired) electrons. The van der Waals surface area contributed by atoms with Crippen LogP contribution in [0.4, 0.5) is 5.69 Å². The molecule has 4 heteroatoms. The number of amides is 1. The first-order valence-electron chi connectivity index (χ1n) is 6.23. The Morgan fingerprint density at radius 1 is 1.10 bits per heavy atom. The predicted molar refractivity (Wildman–Crippen MR) is 87.1 cm³/mol. The van der Waals surface area contributed by atoms with Gasteiger partial charge >= 0.3 is 0 Å². The molecule has 0 bridgehead atoms. The summed E-state index contributed by atoms with van der Waals surface area (Å²) in [4.78, 5) is 13.3. The summed E-state index contributed by atoms with van der Waals surface area (Å²) >= 11 is 7.68. The van der Waals surface area contributed by atoms with E-state index in [1.807, 2.05) is 50.4 Å². The van der Waals surface area contributed by atoms with Gasteiger partial charge in [-0.1, -0.05) is 17.7 Å². The molecule has 0 aliphatic rings. The van der Waals surface area contributed by atoms with Crippen molar-refractivity contribution in [1.29, 1.82) is 0 Å². The van der Waals surface area contributed by atoms with Crippen LogP contribution in [-0.2, 0) is 0 Å². The fraction of sp³-hybridized carbons (Fsp3) is 0.188. The van der Waals surface area contributed by atoms with E-state index in [9.17, 15) is 4.79 Å². The molecule has 104 valence electrons. The molecular weight excluding hydrogens is 290 g/mol. The van der Waals surface area contributed by atoms with Gasteiger partial charge in [0.25, 0.3) is 5.91 Å². The van der Waals surface area contributed by atoms with Crippen molar-refractivity contribution in [2.45, 2.75) is 18.7 Å². The molecule has 1 N–H and O–H groups in total. The highest BCUT2D eigenvalue weighted by molar-refractivity contribution is 7.98. The van der Waals surface area contributed by atoms with Gasteiger partial charge in [-0.2, -0.15) is 0 Å². The molecule has 2 nitrogen and oxygen atoms in total. The standard InChI is InChI=1S/C16H16ClNOS/c1-10-4-5-12(8-11(10)2)18-16(19)14-9-13(20-3)6-7-15(14)17/h4-9H,1-3H3,(H,18,19). The quantitative estimate of drug-likeness (QED) is 0.815. The first-order valence-corrected chi connectivity index (χ1v) is 7.83. The van der Waals surface area contributed by atoms with E-state index in [0.717, 1.165) is 16.1 Å². The number of carbonyl (C=O) groups excluding carboxylic acids is 1. The maximum atomic E-state index is 12.3. The van der Waals surface area contributed by atoms with Crippen molar-refractivity contribution in [3.05, 3.63) is 58.1 Å². The molecule has 2 aromatic rings. The van der Waals surface area contributed by atoms with E-state index in [4.69, 9.17) is 11.6 Å². The van der Waals surface area contributed by atoms with Gasteiger partial charge in [-0.25, -0.2) is 0 Å². The van der Waals surface area contributed by atoms with Gasteiger partial charge < -0.3 is 5.32 Å². The Morgan fingerprint density at radius 2 is 1.85 bits per heavy atom. The van der Waals surface area contributed by atoms with Crippen LogP contribution in [0, 0.1) is 13.8 Å². The molecule has 0 saturated carbocycles. The number of aryl methyl sites for hydroxylation is 2. The lowest BCUT2D eigenvalue weighted by atomic mass is 10.1. The zero-order chi connectivity index (χ0) is 14.7. The van der Waals surface area contributed by atoms with Gasteiger partial charge in [0.15, 0.2) is 0 Å². The lowest BCUT2D eigenvalue weighted by Crippen LogP contribution is -2.12. The van der Waals surface area contributed by atoms with Crippen LogP contribution < -0.4 is 5.32 Å². The van der Waals surface area contributed by atoms with Crippen molar-refractivity contribution in [2.24, 2.45) is 0 Å². The van der Waals surface area contributed by atoms with Crippen molar-refractivity contribution >= 4 is 35.0 Å². The Kier molecular flexibility index (Phi) is 4.73. The van der Waals surface area contributed by atoms with Crippen LogP contribution in [-0.4, -0.2) is 12.2 Å². The maximum Gasteiger partial charge on any atom is 0.257 e. The fourth-order valence-corrected chi connectivity index (χ4v) is 2.47. The fourth-order valence-electron chi connectivity index (χ4n) is 1.82. The minimum Gasteiger partial charge on any atom is -0.322 e. The van der Waals surface area contributed by atoms with Crippen molar-refractivity contribution in [2.75, 3.05) is 11.6 Å². The van der Waals surface area contributed by atoms with Crippen LogP contribution in [0.2, 0.25) is 5.02 Å². The summed E-state index contributed by atoms with van der Waals surface area (Å²) in [7, 11) is 0. The highest BCUT2D eigenvalue weighted by Crippen LogP contribution is 2.24. The van der Waals surface area contributed by atoms with Crippen LogP contribution in [0.3, 0.4) is 0 Å². The molecule has 0 heterocycles. The number of benzene rings is 2. The minimum absolute atomic E-state index is 0.186. The second-order valence-corrected chi connectivity index (χ2v) is 5.89. The van der Waals surface area contributed by atoms with E-state index in [-0.39, 0.29) is 5.91 Å². The van der Waals surface area contributed by atoms with E-state index < -0.39 is 0 Å². The van der Waals surface area contributed by atoms with Crippen molar-refractivity contribution in [3.63, 3.8) is 0 Å². The first-order chi connectivity index (χ1) is 9.51. The SMILES string of the molecule is CSc1ccc(Cl)c(C(=O)Nc2ccc(C)c(C)c2)c1. The largest absolute Gasteiger partial charge is 0.322 e. The van der Waals surface area contributed by atoms with Gasteiger partial charge in [0, 0.05) is 10.6 Å². The molecule has 0 spiro atoms. The third kappa shape index (κ3) is 3.35. The van der Waals surface area contributed by atoms with E-state index in [1.54, 1.807) is 17.8 Å². The summed E-state index contributed by atoms with van der Waals surface area (Å²) in [5, 5.41) is 3.35. The van der Waals surface area contributed by atoms with E-state index >= 15 is 0 Å². The Hall–Kier alpha value is -1.45. The molecule has 20 heavy (non-hydrogen) atoms. The van der Waals surface area contributed by atoms with Crippen molar-refractivity contribution in [3.8, 4) is 0 Å². The lowest BCUT2D eigenvalue weighted by Gasteiger charge is -2.09. The number of thioether (sulfide) groups is 1. The Morgan fingerprint density at radius 3 is 2.50 bits per heavy atom. The average molecular weight is 306 g/mol. The molecule has 0 aromatic heterocycles. The van der Waals surface area contributed by atoms with Gasteiger partial charge in [-0.15, -0.1) is 11.8 Å². The maximum absolute atomic E-state index is 12.3. The summed E-state index contributed by atoms with van der Waals surface area (Å²) in [5.41, 5.74) is 3.62. The number of anilines is 1. The highest BCUT2D eigenvalue weighted by Gasteiger charge is 2.11. The van der Waals surface area contributed by atoms with Crippen LogP contribution in [0.5, 0.6) is 0 Å². The summed E-state index contributed by atoms with van der Waals surface area (Å²) in [6.07, 6.45) is 1.97. The highest BCUT2D eigenvalue weighted by atomic mass is 35.5. The normalized spacial score (nSPS) is 10.4. The number of nitrogens with one attached hydrogen (secondary N) is 1. The number of hydrogen-bond acceptors (Lipinski definition) is 2. The predicted octanol–water partition coefficient (Wildman–Crippen LogP) is 4.93. The third-order valence-corrected chi connectivity index (χ3v) is 4.24. The molecule has 0 atom stereocenters. The van der Waals surface area contributed by atoms with Crippen molar-refractivity contribution < 1.29 is 4.79 Å². The van der Waals surface area contributed by atoms with Crippen LogP contribution in [0.15, 0.2) is 41.3 Å². The van der Waals surface area contributed by atoms with Crippen LogP contribution in [0.1, 0.15) is 21.5 Å². The number of carbonyl (C=O) groups is 1. The zero-order valence-electron chi connectivity index (χ0n) is 11.7. The molecule has 0 aliphatic carbocycles. The Balaban J connectivity index is 2.25. The molecule has 0 saturated heterocycles. The zero-order valence-corrected chi connectivity index (χ0v) is 13.2. The summed E-state index contributed by atoms with van der Waals surface area (Å²) < 4.78 is 0. The molecule has 0 unspecified atom stereocenters. The van der Waals surface area contributed by atoms with Gasteiger partial charge in [-0.05, 0) is 61.6 Å². The molecule has 0 fully saturated rings. The smallest absolute Gasteiger partial charge is 0.257 e. The molecule has 0 aliphatic heterocycles. The summed E-state index contributed by atoms with van der Waals surface area (Å²) in [6, 6.07) is 11.3. The van der Waals surface area contributed by atoms with Gasteiger partial charge in [0.1, 0.15) is 0 Å². The van der Waals surface area contributed by atoms with Crippen LogP contribution in [0.25, 0.3) is 0 Å². The van der Waals surface area contributed by atoms with Crippen LogP contribution >= 0.6 is 23.4 Å². The number of halogens is 1. The molecule has 2 rings (SSSR count). The summed E-state index contributed by atoms with van der Waals surface area (Å²) in [5.74, 6) is -0.186. The monoisotopic (exact) mass is 305 g/mol. The van der Waals surface area contributed by atoms with E-state index in [1.165, 1.54) is 5.56 Å². The average Bonchev–Trinajstić information content (AvgIpc) is 2.43. The second kappa shape index (κ2) is 6.33. The third-order valence-electron chi connectivity index (χ3n) is 3.18. The second-order valence-electron chi connectivity index (χ2n) is 4.60. The summed E-state index contributed by atoms with van der Waals surface area (Å²) in [6.45, 7) is 4.06. The molecule has 2 aromatic carbocycles. The van der Waals surface area contributed by atoms with Gasteiger partial charge in [0.05, 0.1) is 10.6 Å². The topological polar surface area (TPSA) is 29.1 Å². The Labute approximate surface area is 128 Å². The Bertz CT molecular complexity index is 655. The van der Waals surface area contributed by atoms with Gasteiger partial charge in [0.2, 0.25) is 0 Å². The minimum atomic E-state index is -0.186. The lowest BCUT2D eigenvalue weighted by molar-refractivity contribution is 0.102. The van der Waals surface area contributed by atoms with Crippen molar-refractivity contribution in [1.82, 2.24) is 0 Å². The van der Waals surface area contributed by atoms with E-state index in [0.29, 0.717) is 10.6 Å². The number of rotatable bonds is 3. The van der Waals surface area contributed by atoms with E-state index in [2.05, 4.69) is 5.32 Å². The van der Waals surface area contributed by atoms with Gasteiger partial charge in [-0.3, -0.25) is 4.79 Å². The number of hydrogen-bond donors (Lipinski definition) is 1.